The number of nitrogens with zero attached hydrogens (tertiary/aromatic N) is 2. The van der Waals surface area contributed by atoms with Crippen LogP contribution < -0.4 is 11.2 Å². The molecule has 0 aromatic carbocycles. The van der Waals surface area contributed by atoms with Gasteiger partial charge in [-0.05, 0) is 0 Å². The third-order valence-electron chi connectivity index (χ3n) is 3.86. The van der Waals surface area contributed by atoms with Crippen LogP contribution in [-0.2, 0) is 6.54 Å². The van der Waals surface area contributed by atoms with Crippen LogP contribution in [0.3, 0.4) is 0 Å². The zero-order valence-electron chi connectivity index (χ0n) is 9.71. The van der Waals surface area contributed by atoms with Gasteiger partial charge in [-0.3, -0.25) is 0 Å². The fourth-order valence-electron chi connectivity index (χ4n) is 2.75. The Balaban J connectivity index is 1.66. The Hall–Kier alpha value is -0.630. The molecular weight excluding hydrogens is 363 g/mol. The first-order valence-electron chi connectivity index (χ1n) is 6.08. The van der Waals surface area contributed by atoms with Gasteiger partial charge in [-0.1, -0.05) is 0 Å². The van der Waals surface area contributed by atoms with Gasteiger partial charge in [0.2, 0.25) is 0 Å². The van der Waals surface area contributed by atoms with Crippen LogP contribution in [0.25, 0.3) is 4.83 Å². The average molecular weight is 376 g/mol. The molecule has 0 aliphatic carbocycles. The van der Waals surface area contributed by atoms with Gasteiger partial charge >= 0.3 is 115 Å². The Morgan fingerprint density at radius 1 is 1.44 bits per heavy atom. The van der Waals surface area contributed by atoms with Crippen LogP contribution in [0, 0.1) is 0 Å². The molecule has 2 fully saturated rings. The summed E-state index contributed by atoms with van der Waals surface area (Å²) in [5.41, 5.74) is -0.310. The summed E-state index contributed by atoms with van der Waals surface area (Å²) in [6.45, 7) is 0.617. The van der Waals surface area contributed by atoms with Crippen LogP contribution in [0.5, 0.6) is 0 Å². The third kappa shape index (κ3) is 1.54. The second-order valence-electron chi connectivity index (χ2n) is 4.76. The van der Waals surface area contributed by atoms with Crippen molar-refractivity contribution in [2.75, 3.05) is 4.43 Å². The van der Waals surface area contributed by atoms with Crippen molar-refractivity contribution in [3.63, 3.8) is 0 Å². The molecule has 0 bridgehead atoms. The van der Waals surface area contributed by atoms with Crippen molar-refractivity contribution < 1.29 is 0 Å². The fraction of sp³-hybridized carbons (Fsp3) is 0.500. The molecule has 2 aromatic heterocycles. The average Bonchev–Trinajstić information content (AvgIpc) is 2.67. The molecule has 1 unspecified atom stereocenters. The van der Waals surface area contributed by atoms with Gasteiger partial charge in [-0.15, -0.1) is 0 Å². The van der Waals surface area contributed by atoms with Gasteiger partial charge in [-0.2, -0.15) is 0 Å². The topological polar surface area (TPSA) is 43.5 Å². The Kier molecular flexibility index (Phi) is 2.45. The molecule has 2 aromatic rings. The second kappa shape index (κ2) is 3.93. The number of halogens is 1. The molecule has 18 heavy (non-hydrogen) atoms. The zero-order valence-corrected chi connectivity index (χ0v) is 12.7. The standard InChI is InChI=1S/C12H13IN2O2S/c16-10-7-11-15(5-6-18-11)12(17)14(10)4-2-9-8-1-3-13(8)9/h5-9H,1-4H2/t8-,9?/m1/s1. The van der Waals surface area contributed by atoms with Crippen LogP contribution in [0.4, 0.5) is 0 Å². The van der Waals surface area contributed by atoms with Gasteiger partial charge in [0.05, 0.1) is 0 Å². The van der Waals surface area contributed by atoms with E-state index in [-0.39, 0.29) is 11.2 Å². The number of fused-ring (bicyclic) bond motifs is 2. The molecule has 2 atom stereocenters. The van der Waals surface area contributed by atoms with Crippen molar-refractivity contribution >= 4 is 36.0 Å². The molecule has 2 aliphatic rings. The maximum atomic E-state index is 12.2. The Labute approximate surface area is 115 Å². The normalized spacial score (nSPS) is 27.0. The molecule has 2 aliphatic heterocycles. The molecule has 2 saturated heterocycles. The van der Waals surface area contributed by atoms with Gasteiger partial charge in [0.15, 0.2) is 0 Å². The van der Waals surface area contributed by atoms with Gasteiger partial charge in [0.25, 0.3) is 0 Å². The monoisotopic (exact) mass is 376 g/mol. The molecular formula is C12H13IN2O2S. The number of alkyl halides is 3. The molecule has 0 saturated carbocycles. The summed E-state index contributed by atoms with van der Waals surface area (Å²) in [5.74, 6) is 0. The van der Waals surface area contributed by atoms with Gasteiger partial charge in [-0.25, -0.2) is 0 Å². The minimum atomic E-state index is -0.511. The first-order chi connectivity index (χ1) is 8.75. The Morgan fingerprint density at radius 2 is 2.28 bits per heavy atom. The number of aromatic nitrogens is 2. The molecule has 6 heteroatoms. The van der Waals surface area contributed by atoms with E-state index in [1.807, 2.05) is 5.38 Å². The summed E-state index contributed by atoms with van der Waals surface area (Å²) in [7, 11) is 0. The molecule has 4 heterocycles. The quantitative estimate of drug-likeness (QED) is 0.603. The number of hydrogen-bond acceptors (Lipinski definition) is 3. The predicted molar refractivity (Wildman–Crippen MR) is 81.5 cm³/mol. The van der Waals surface area contributed by atoms with E-state index in [0.29, 0.717) is 6.54 Å². The van der Waals surface area contributed by atoms with Crippen LogP contribution in [0.15, 0.2) is 27.2 Å². The van der Waals surface area contributed by atoms with Gasteiger partial charge in [0.1, 0.15) is 0 Å². The third-order valence-corrected chi connectivity index (χ3v) is 12.8. The molecule has 4 nitrogen and oxygen atoms in total. The molecule has 0 radical (unpaired) electrons. The van der Waals surface area contributed by atoms with Crippen molar-refractivity contribution in [1.82, 2.24) is 8.97 Å². The summed E-state index contributed by atoms with van der Waals surface area (Å²) < 4.78 is 6.50. The van der Waals surface area contributed by atoms with Gasteiger partial charge in [0, 0.05) is 0 Å². The van der Waals surface area contributed by atoms with E-state index >= 15 is 0 Å². The van der Waals surface area contributed by atoms with Crippen molar-refractivity contribution in [2.24, 2.45) is 0 Å². The number of thiazole rings is 1. The maximum absolute atomic E-state index is 12.2. The fourth-order valence-corrected chi connectivity index (χ4v) is 11.3. The van der Waals surface area contributed by atoms with E-state index in [2.05, 4.69) is 0 Å². The number of rotatable bonds is 3. The molecule has 0 N–H and O–H groups in total. The van der Waals surface area contributed by atoms with E-state index in [1.54, 1.807) is 16.7 Å². The Bertz CT molecular complexity index is 721. The zero-order chi connectivity index (χ0) is 12.3. The van der Waals surface area contributed by atoms with Crippen LogP contribution in [0.1, 0.15) is 12.8 Å². The first-order valence-corrected chi connectivity index (χ1v) is 11.0. The summed E-state index contributed by atoms with van der Waals surface area (Å²) in [6, 6.07) is 1.58. The van der Waals surface area contributed by atoms with Crippen LogP contribution >= 0.6 is 31.2 Å². The van der Waals surface area contributed by atoms with E-state index < -0.39 is 19.8 Å². The number of hydrogen-bond donors (Lipinski definition) is 0. The SMILES string of the molecule is O=c1cc2sccn2c(=O)n1CCC1[C@H]2CCI12. The van der Waals surface area contributed by atoms with Crippen molar-refractivity contribution in [3.05, 3.63) is 38.5 Å². The van der Waals surface area contributed by atoms with E-state index in [1.165, 1.54) is 26.8 Å². The Morgan fingerprint density at radius 3 is 3.00 bits per heavy atom. The second-order valence-corrected chi connectivity index (χ2v) is 12.4. The van der Waals surface area contributed by atoms with E-state index in [0.717, 1.165) is 19.1 Å². The van der Waals surface area contributed by atoms with Crippen molar-refractivity contribution in [2.45, 2.75) is 27.2 Å². The van der Waals surface area contributed by atoms with Crippen LogP contribution in [-0.4, -0.2) is 21.2 Å². The van der Waals surface area contributed by atoms with Crippen molar-refractivity contribution in [1.29, 1.82) is 0 Å². The van der Waals surface area contributed by atoms with E-state index in [9.17, 15) is 9.59 Å². The first kappa shape index (κ1) is 11.2. The van der Waals surface area contributed by atoms with E-state index in [4.69, 9.17) is 0 Å². The molecule has 96 valence electrons. The summed E-state index contributed by atoms with van der Waals surface area (Å²) >= 11 is 0.919. The van der Waals surface area contributed by atoms with Crippen LogP contribution in [0.2, 0.25) is 0 Å². The summed E-state index contributed by atoms with van der Waals surface area (Å²) in [4.78, 5) is 24.8. The minimum absolute atomic E-state index is 0.140. The molecule has 0 amide bonds. The molecule has 0 spiro atoms. The summed E-state index contributed by atoms with van der Waals surface area (Å²) in [5, 5.41) is 1.84. The van der Waals surface area contributed by atoms with Gasteiger partial charge < -0.3 is 0 Å². The summed E-state index contributed by atoms with van der Waals surface area (Å²) in [6.07, 6.45) is 4.22. The molecule has 4 rings (SSSR count). The predicted octanol–water partition coefficient (Wildman–Crippen LogP) is 1.57. The van der Waals surface area contributed by atoms with Crippen molar-refractivity contribution in [3.8, 4) is 0 Å².